The van der Waals surface area contributed by atoms with Gasteiger partial charge in [-0.3, -0.25) is 14.4 Å². The van der Waals surface area contributed by atoms with Gasteiger partial charge in [-0.1, -0.05) is 32.0 Å². The summed E-state index contributed by atoms with van der Waals surface area (Å²) >= 11 is 0. The second-order valence-electron chi connectivity index (χ2n) is 6.71. The lowest BCUT2D eigenvalue weighted by Crippen LogP contribution is -2.48. The fourth-order valence-corrected chi connectivity index (χ4v) is 2.44. The standard InChI is InChI=1S/C19H30N4O3.ClH/c1-6-23(16(25)10-21-19(26)17(20)12(2)3)11-15(24)22-18-13(4)8-7-9-14(18)5;/h7-9,12,17H,6,10-11,20H2,1-5H3,(H,21,26)(H,22,24);1H/t17-;/m0./s1. The number of likely N-dealkylation sites (N-methyl/N-ethyl adjacent to an activating group) is 1. The van der Waals surface area contributed by atoms with E-state index in [4.69, 9.17) is 5.73 Å². The van der Waals surface area contributed by atoms with Crippen molar-refractivity contribution >= 4 is 35.8 Å². The second-order valence-corrected chi connectivity index (χ2v) is 6.71. The summed E-state index contributed by atoms with van der Waals surface area (Å²) in [5.41, 5.74) is 8.43. The maximum atomic E-state index is 12.3. The van der Waals surface area contributed by atoms with E-state index in [0.29, 0.717) is 6.54 Å². The van der Waals surface area contributed by atoms with E-state index in [1.165, 1.54) is 4.90 Å². The maximum Gasteiger partial charge on any atom is 0.244 e. The molecule has 0 unspecified atom stereocenters. The number of halogens is 1. The summed E-state index contributed by atoms with van der Waals surface area (Å²) < 4.78 is 0. The minimum Gasteiger partial charge on any atom is -0.346 e. The van der Waals surface area contributed by atoms with E-state index in [1.807, 2.05) is 45.9 Å². The van der Waals surface area contributed by atoms with Crippen molar-refractivity contribution in [1.29, 1.82) is 0 Å². The van der Waals surface area contributed by atoms with Crippen molar-refractivity contribution in [3.63, 3.8) is 0 Å². The van der Waals surface area contributed by atoms with Crippen molar-refractivity contribution in [2.24, 2.45) is 11.7 Å². The second kappa shape index (κ2) is 11.6. The van der Waals surface area contributed by atoms with Gasteiger partial charge in [0.25, 0.3) is 0 Å². The van der Waals surface area contributed by atoms with Gasteiger partial charge in [0.1, 0.15) is 0 Å². The first kappa shape index (κ1) is 24.9. The number of para-hydroxylation sites is 1. The number of rotatable bonds is 8. The van der Waals surface area contributed by atoms with Crippen molar-refractivity contribution in [2.45, 2.75) is 40.7 Å². The minimum absolute atomic E-state index is 0. The molecule has 0 bridgehead atoms. The predicted molar refractivity (Wildman–Crippen MR) is 110 cm³/mol. The molecule has 7 nitrogen and oxygen atoms in total. The van der Waals surface area contributed by atoms with E-state index >= 15 is 0 Å². The highest BCUT2D eigenvalue weighted by Gasteiger charge is 2.20. The largest absolute Gasteiger partial charge is 0.346 e. The van der Waals surface area contributed by atoms with Crippen LogP contribution in [0.3, 0.4) is 0 Å². The van der Waals surface area contributed by atoms with Gasteiger partial charge in [0.15, 0.2) is 0 Å². The van der Waals surface area contributed by atoms with Gasteiger partial charge in [0.2, 0.25) is 17.7 Å². The Morgan fingerprint density at radius 1 is 1.15 bits per heavy atom. The molecule has 1 atom stereocenters. The lowest BCUT2D eigenvalue weighted by molar-refractivity contribution is -0.135. The van der Waals surface area contributed by atoms with Crippen LogP contribution in [0.5, 0.6) is 0 Å². The summed E-state index contributed by atoms with van der Waals surface area (Å²) in [7, 11) is 0. The Bertz CT molecular complexity index is 644. The summed E-state index contributed by atoms with van der Waals surface area (Å²) in [5.74, 6) is -0.990. The SMILES string of the molecule is CCN(CC(=O)Nc1c(C)cccc1C)C(=O)CNC(=O)[C@@H](N)C(C)C.Cl. The van der Waals surface area contributed by atoms with Crippen LogP contribution in [0.1, 0.15) is 31.9 Å². The Morgan fingerprint density at radius 3 is 2.19 bits per heavy atom. The van der Waals surface area contributed by atoms with Crippen LogP contribution in [0.25, 0.3) is 0 Å². The number of carbonyl (C=O) groups excluding carboxylic acids is 3. The molecule has 0 aliphatic rings. The topological polar surface area (TPSA) is 105 Å². The number of anilines is 1. The van der Waals surface area contributed by atoms with Gasteiger partial charge < -0.3 is 21.3 Å². The zero-order chi connectivity index (χ0) is 19.9. The quantitative estimate of drug-likeness (QED) is 0.618. The van der Waals surface area contributed by atoms with Crippen LogP contribution in [0, 0.1) is 19.8 Å². The van der Waals surface area contributed by atoms with Crippen LogP contribution in [0.4, 0.5) is 5.69 Å². The van der Waals surface area contributed by atoms with Crippen molar-refractivity contribution < 1.29 is 14.4 Å². The third kappa shape index (κ3) is 7.56. The summed E-state index contributed by atoms with van der Waals surface area (Å²) in [6.07, 6.45) is 0. The van der Waals surface area contributed by atoms with Crippen molar-refractivity contribution in [3.8, 4) is 0 Å². The molecule has 0 saturated carbocycles. The maximum absolute atomic E-state index is 12.3. The molecule has 0 aliphatic heterocycles. The first-order valence-electron chi connectivity index (χ1n) is 8.84. The molecule has 0 heterocycles. The summed E-state index contributed by atoms with van der Waals surface area (Å²) in [5, 5.41) is 5.39. The Kier molecular flexibility index (Phi) is 10.7. The molecule has 1 aromatic rings. The Morgan fingerprint density at radius 2 is 1.70 bits per heavy atom. The average Bonchev–Trinajstić information content (AvgIpc) is 2.59. The lowest BCUT2D eigenvalue weighted by Gasteiger charge is -2.22. The monoisotopic (exact) mass is 398 g/mol. The number of hydrogen-bond donors (Lipinski definition) is 3. The third-order valence-corrected chi connectivity index (χ3v) is 4.25. The molecule has 0 saturated heterocycles. The van der Waals surface area contributed by atoms with Crippen LogP contribution < -0.4 is 16.4 Å². The van der Waals surface area contributed by atoms with Gasteiger partial charge in [-0.25, -0.2) is 0 Å². The van der Waals surface area contributed by atoms with Gasteiger partial charge in [-0.05, 0) is 37.8 Å². The molecule has 3 amide bonds. The van der Waals surface area contributed by atoms with Crippen LogP contribution in [0.2, 0.25) is 0 Å². The minimum atomic E-state index is -0.662. The van der Waals surface area contributed by atoms with Crippen LogP contribution in [-0.2, 0) is 14.4 Å². The normalized spacial score (nSPS) is 11.4. The molecule has 4 N–H and O–H groups in total. The van der Waals surface area contributed by atoms with E-state index < -0.39 is 6.04 Å². The molecule has 27 heavy (non-hydrogen) atoms. The molecule has 152 valence electrons. The van der Waals surface area contributed by atoms with Gasteiger partial charge in [0.05, 0.1) is 19.1 Å². The molecule has 1 rings (SSSR count). The molecule has 8 heteroatoms. The Balaban J connectivity index is 0.00000676. The summed E-state index contributed by atoms with van der Waals surface area (Å²) in [4.78, 5) is 37.8. The van der Waals surface area contributed by atoms with Crippen LogP contribution >= 0.6 is 12.4 Å². The lowest BCUT2D eigenvalue weighted by atomic mass is 10.1. The number of amides is 3. The molecule has 0 aliphatic carbocycles. The first-order chi connectivity index (χ1) is 12.2. The summed E-state index contributed by atoms with van der Waals surface area (Å²) in [6, 6.07) is 5.09. The Hall–Kier alpha value is -2.12. The van der Waals surface area contributed by atoms with Crippen LogP contribution in [-0.4, -0.2) is 48.3 Å². The molecule has 0 radical (unpaired) electrons. The number of benzene rings is 1. The molecular formula is C19H31ClN4O3. The number of nitrogens with one attached hydrogen (secondary N) is 2. The number of nitrogens with zero attached hydrogens (tertiary/aromatic N) is 1. The zero-order valence-corrected chi connectivity index (χ0v) is 17.5. The van der Waals surface area contributed by atoms with Crippen molar-refractivity contribution in [2.75, 3.05) is 25.0 Å². The van der Waals surface area contributed by atoms with Crippen LogP contribution in [0.15, 0.2) is 18.2 Å². The highest BCUT2D eigenvalue weighted by atomic mass is 35.5. The predicted octanol–water partition coefficient (Wildman–Crippen LogP) is 1.61. The van der Waals surface area contributed by atoms with Gasteiger partial charge in [-0.2, -0.15) is 0 Å². The summed E-state index contributed by atoms with van der Waals surface area (Å²) in [6.45, 7) is 9.40. The zero-order valence-electron chi connectivity index (χ0n) is 16.7. The number of hydrogen-bond acceptors (Lipinski definition) is 4. The van der Waals surface area contributed by atoms with E-state index in [0.717, 1.165) is 16.8 Å². The van der Waals surface area contributed by atoms with E-state index in [9.17, 15) is 14.4 Å². The van der Waals surface area contributed by atoms with Gasteiger partial charge >= 0.3 is 0 Å². The highest BCUT2D eigenvalue weighted by molar-refractivity contribution is 5.96. The van der Waals surface area contributed by atoms with E-state index in [-0.39, 0.29) is 49.1 Å². The molecule has 0 fully saturated rings. The molecule has 0 spiro atoms. The first-order valence-corrected chi connectivity index (χ1v) is 8.84. The average molecular weight is 399 g/mol. The van der Waals surface area contributed by atoms with Gasteiger partial charge in [0, 0.05) is 12.2 Å². The van der Waals surface area contributed by atoms with E-state index in [1.54, 1.807) is 6.92 Å². The van der Waals surface area contributed by atoms with Gasteiger partial charge in [-0.15, -0.1) is 12.4 Å². The van der Waals surface area contributed by atoms with E-state index in [2.05, 4.69) is 10.6 Å². The molecule has 1 aromatic carbocycles. The molecule has 0 aromatic heterocycles. The third-order valence-electron chi connectivity index (χ3n) is 4.25. The highest BCUT2D eigenvalue weighted by Crippen LogP contribution is 2.19. The fourth-order valence-electron chi connectivity index (χ4n) is 2.44. The van der Waals surface area contributed by atoms with Crippen molar-refractivity contribution in [1.82, 2.24) is 10.2 Å². The number of nitrogens with two attached hydrogens (primary N) is 1. The molecular weight excluding hydrogens is 368 g/mol. The fraction of sp³-hybridized carbons (Fsp3) is 0.526. The number of aryl methyl sites for hydroxylation is 2. The number of carbonyl (C=O) groups is 3. The Labute approximate surface area is 167 Å². The van der Waals surface area contributed by atoms with Crippen molar-refractivity contribution in [3.05, 3.63) is 29.3 Å². The smallest absolute Gasteiger partial charge is 0.244 e.